The van der Waals surface area contributed by atoms with Crippen LogP contribution >= 0.6 is 0 Å². The number of carboxylic acid groups (broad SMARTS) is 1. The number of ether oxygens (including phenoxy) is 2. The quantitative estimate of drug-likeness (QED) is 0.287. The monoisotopic (exact) mass is 281 g/mol. The van der Waals surface area contributed by atoms with E-state index in [4.69, 9.17) is 25.4 Å². The Morgan fingerprint density at radius 3 is 2.32 bits per heavy atom. The lowest BCUT2D eigenvalue weighted by Crippen LogP contribution is -2.59. The highest BCUT2D eigenvalue weighted by molar-refractivity contribution is 5.73. The van der Waals surface area contributed by atoms with E-state index in [0.29, 0.717) is 0 Å². The van der Waals surface area contributed by atoms with E-state index in [-0.39, 0.29) is 13.2 Å². The summed E-state index contributed by atoms with van der Waals surface area (Å²) in [5.41, 5.74) is 5.21. The first-order valence-electron chi connectivity index (χ1n) is 5.75. The summed E-state index contributed by atoms with van der Waals surface area (Å²) < 4.78 is 10.1. The van der Waals surface area contributed by atoms with Gasteiger partial charge in [0.05, 0.1) is 19.8 Å². The highest BCUT2D eigenvalue weighted by Crippen LogP contribution is 2.21. The van der Waals surface area contributed by atoms with Crippen molar-refractivity contribution in [1.82, 2.24) is 0 Å². The second kappa shape index (κ2) is 7.10. The maximum Gasteiger partial charge on any atom is 0.322 e. The van der Waals surface area contributed by atoms with Crippen molar-refractivity contribution in [3.63, 3.8) is 0 Å². The highest BCUT2D eigenvalue weighted by Gasteiger charge is 2.43. The van der Waals surface area contributed by atoms with Crippen molar-refractivity contribution in [2.24, 2.45) is 5.73 Å². The van der Waals surface area contributed by atoms with Crippen molar-refractivity contribution in [3.8, 4) is 0 Å². The summed E-state index contributed by atoms with van der Waals surface area (Å²) in [6.07, 6.45) is -6.32. The van der Waals surface area contributed by atoms with Crippen molar-refractivity contribution >= 4 is 5.97 Å². The molecule has 112 valence electrons. The van der Waals surface area contributed by atoms with Gasteiger partial charge in [-0.15, -0.1) is 0 Å². The molecule has 1 aliphatic rings. The van der Waals surface area contributed by atoms with Crippen LogP contribution in [-0.2, 0) is 14.3 Å². The molecular formula is C10H19NO8. The van der Waals surface area contributed by atoms with E-state index in [1.54, 1.807) is 0 Å². The molecule has 1 aliphatic heterocycles. The summed E-state index contributed by atoms with van der Waals surface area (Å²) in [5, 5.41) is 46.2. The number of hydrogen-bond acceptors (Lipinski definition) is 8. The van der Waals surface area contributed by atoms with Crippen LogP contribution < -0.4 is 5.73 Å². The first-order chi connectivity index (χ1) is 8.88. The standard InChI is InChI=1S/C10H19NO8/c11-4(10(16)17)2-18-3-6-8(14)9(15)7(13)5(1-12)19-6/h4-9,12-15H,1-3,11H2,(H,16,17)/t4-,5+,6+,7-,8-,9-/m0/s1. The molecule has 1 fully saturated rings. The van der Waals surface area contributed by atoms with Gasteiger partial charge in [0.15, 0.2) is 0 Å². The third-order valence-electron chi connectivity index (χ3n) is 2.89. The molecule has 0 amide bonds. The minimum Gasteiger partial charge on any atom is -0.480 e. The number of nitrogens with two attached hydrogens (primary N) is 1. The Morgan fingerprint density at radius 2 is 1.79 bits per heavy atom. The molecule has 1 saturated heterocycles. The van der Waals surface area contributed by atoms with E-state index in [1.165, 1.54) is 0 Å². The minimum absolute atomic E-state index is 0.220. The Bertz CT molecular complexity index is 299. The second-order valence-corrected chi connectivity index (χ2v) is 4.35. The smallest absolute Gasteiger partial charge is 0.322 e. The summed E-state index contributed by atoms with van der Waals surface area (Å²) in [7, 11) is 0. The molecule has 0 aromatic heterocycles. The zero-order valence-electron chi connectivity index (χ0n) is 10.1. The van der Waals surface area contributed by atoms with Crippen molar-refractivity contribution in [1.29, 1.82) is 0 Å². The summed E-state index contributed by atoms with van der Waals surface area (Å²) in [4.78, 5) is 10.4. The fraction of sp³-hybridized carbons (Fsp3) is 0.900. The first-order valence-corrected chi connectivity index (χ1v) is 5.75. The van der Waals surface area contributed by atoms with Crippen LogP contribution in [0.25, 0.3) is 0 Å². The van der Waals surface area contributed by atoms with E-state index in [1.807, 2.05) is 0 Å². The second-order valence-electron chi connectivity index (χ2n) is 4.35. The van der Waals surface area contributed by atoms with Gasteiger partial charge < -0.3 is 40.7 Å². The molecule has 1 rings (SSSR count). The highest BCUT2D eigenvalue weighted by atomic mass is 16.6. The third-order valence-corrected chi connectivity index (χ3v) is 2.89. The van der Waals surface area contributed by atoms with Gasteiger partial charge in [-0.2, -0.15) is 0 Å². The molecule has 1 heterocycles. The molecule has 9 nitrogen and oxygen atoms in total. The minimum atomic E-state index is -1.48. The van der Waals surface area contributed by atoms with Gasteiger partial charge >= 0.3 is 5.97 Å². The van der Waals surface area contributed by atoms with Crippen LogP contribution in [0.1, 0.15) is 0 Å². The number of carboxylic acids is 1. The molecule has 0 aliphatic carbocycles. The maximum absolute atomic E-state index is 10.4. The van der Waals surface area contributed by atoms with Crippen molar-refractivity contribution in [2.75, 3.05) is 19.8 Å². The van der Waals surface area contributed by atoms with Crippen molar-refractivity contribution < 1.29 is 39.8 Å². The first kappa shape index (κ1) is 16.2. The summed E-state index contributed by atoms with van der Waals surface area (Å²) in [6, 6.07) is -1.20. The van der Waals surface area contributed by atoms with Crippen LogP contribution in [-0.4, -0.2) is 87.9 Å². The molecule has 0 unspecified atom stereocenters. The predicted molar refractivity (Wildman–Crippen MR) is 60.2 cm³/mol. The number of carbonyl (C=O) groups is 1. The lowest BCUT2D eigenvalue weighted by atomic mass is 9.95. The van der Waals surface area contributed by atoms with Gasteiger partial charge in [0.2, 0.25) is 0 Å². The van der Waals surface area contributed by atoms with Crippen molar-refractivity contribution in [3.05, 3.63) is 0 Å². The van der Waals surface area contributed by atoms with Crippen LogP contribution in [0.3, 0.4) is 0 Å². The lowest BCUT2D eigenvalue weighted by molar-refractivity contribution is -0.239. The fourth-order valence-corrected chi connectivity index (χ4v) is 1.70. The van der Waals surface area contributed by atoms with Gasteiger partial charge in [0.1, 0.15) is 36.6 Å². The summed E-state index contributed by atoms with van der Waals surface area (Å²) >= 11 is 0. The van der Waals surface area contributed by atoms with Crippen molar-refractivity contribution in [2.45, 2.75) is 36.6 Å². The number of hydrogen-bond donors (Lipinski definition) is 6. The van der Waals surface area contributed by atoms with Crippen LogP contribution in [0.4, 0.5) is 0 Å². The third kappa shape index (κ3) is 4.08. The Kier molecular flexibility index (Phi) is 6.07. The normalized spacial score (nSPS) is 37.0. The van der Waals surface area contributed by atoms with E-state index >= 15 is 0 Å². The molecule has 0 bridgehead atoms. The van der Waals surface area contributed by atoms with Gasteiger partial charge in [-0.3, -0.25) is 4.79 Å². The van der Waals surface area contributed by atoms with Gasteiger partial charge in [-0.25, -0.2) is 0 Å². The molecule has 6 atom stereocenters. The largest absolute Gasteiger partial charge is 0.480 e. The van der Waals surface area contributed by atoms with Crippen LogP contribution in [0, 0.1) is 0 Å². The number of aliphatic hydroxyl groups excluding tert-OH is 4. The molecule has 7 N–H and O–H groups in total. The zero-order valence-corrected chi connectivity index (χ0v) is 10.1. The topological polar surface area (TPSA) is 163 Å². The molecule has 0 spiro atoms. The molecule has 0 aromatic rings. The summed E-state index contributed by atoms with van der Waals surface area (Å²) in [5.74, 6) is -1.23. The fourth-order valence-electron chi connectivity index (χ4n) is 1.70. The van der Waals surface area contributed by atoms with Crippen LogP contribution in [0.2, 0.25) is 0 Å². The van der Waals surface area contributed by atoms with E-state index in [2.05, 4.69) is 0 Å². The van der Waals surface area contributed by atoms with Gasteiger partial charge in [-0.1, -0.05) is 0 Å². The number of rotatable bonds is 6. The van der Waals surface area contributed by atoms with Gasteiger partial charge in [0, 0.05) is 0 Å². The maximum atomic E-state index is 10.4. The van der Waals surface area contributed by atoms with E-state index in [0.717, 1.165) is 0 Å². The Balaban J connectivity index is 2.46. The average molecular weight is 281 g/mol. The average Bonchev–Trinajstić information content (AvgIpc) is 2.38. The van der Waals surface area contributed by atoms with Crippen LogP contribution in [0.15, 0.2) is 0 Å². The van der Waals surface area contributed by atoms with Gasteiger partial charge in [0.25, 0.3) is 0 Å². The van der Waals surface area contributed by atoms with E-state index in [9.17, 15) is 20.1 Å². The molecule has 0 aromatic carbocycles. The SMILES string of the molecule is N[C@@H](COC[C@H]1O[C@H](CO)[C@H](O)[C@H](O)[C@H]1O)C(=O)O. The zero-order chi connectivity index (χ0) is 14.6. The number of aliphatic carboxylic acids is 1. The molecular weight excluding hydrogens is 262 g/mol. The van der Waals surface area contributed by atoms with Crippen LogP contribution in [0.5, 0.6) is 0 Å². The molecule has 0 radical (unpaired) electrons. The molecule has 9 heteroatoms. The van der Waals surface area contributed by atoms with Gasteiger partial charge in [-0.05, 0) is 0 Å². The Morgan fingerprint density at radius 1 is 1.21 bits per heavy atom. The lowest BCUT2D eigenvalue weighted by Gasteiger charge is -2.39. The Labute approximate surface area is 109 Å². The number of aliphatic hydroxyl groups is 4. The van der Waals surface area contributed by atoms with E-state index < -0.39 is 49.1 Å². The Hall–Kier alpha value is -0.810. The summed E-state index contributed by atoms with van der Waals surface area (Å²) in [6.45, 7) is -1.04. The molecule has 0 saturated carbocycles. The predicted octanol–water partition coefficient (Wildman–Crippen LogP) is -3.74. The molecule has 19 heavy (non-hydrogen) atoms.